The van der Waals surface area contributed by atoms with E-state index in [1.54, 1.807) is 6.20 Å². The Kier molecular flexibility index (Phi) is 4.11. The quantitative estimate of drug-likeness (QED) is 0.814. The van der Waals surface area contributed by atoms with Gasteiger partial charge in [0.15, 0.2) is 5.82 Å². The SMILES string of the molecule is CCC[C@H](NC(=O)c1cnc(C)cn1)c1nn[nH]n1. The average Bonchev–Trinajstić information content (AvgIpc) is 2.92. The molecule has 0 aliphatic rings. The lowest BCUT2D eigenvalue weighted by Crippen LogP contribution is -2.30. The van der Waals surface area contributed by atoms with Crippen molar-refractivity contribution in [1.29, 1.82) is 0 Å². The van der Waals surface area contributed by atoms with Crippen LogP contribution in [0.25, 0.3) is 0 Å². The van der Waals surface area contributed by atoms with Crippen molar-refractivity contribution in [2.45, 2.75) is 32.7 Å². The molecule has 19 heavy (non-hydrogen) atoms. The largest absolute Gasteiger partial charge is 0.340 e. The van der Waals surface area contributed by atoms with Gasteiger partial charge in [-0.3, -0.25) is 9.78 Å². The number of carbonyl (C=O) groups excluding carboxylic acids is 1. The summed E-state index contributed by atoms with van der Waals surface area (Å²) in [4.78, 5) is 20.1. The predicted octanol–water partition coefficient (Wildman–Crippen LogP) is 0.569. The van der Waals surface area contributed by atoms with Crippen molar-refractivity contribution in [3.05, 3.63) is 29.6 Å². The minimum atomic E-state index is -0.296. The highest BCUT2D eigenvalue weighted by molar-refractivity contribution is 5.92. The smallest absolute Gasteiger partial charge is 0.272 e. The van der Waals surface area contributed by atoms with E-state index in [0.717, 1.165) is 18.5 Å². The summed E-state index contributed by atoms with van der Waals surface area (Å²) >= 11 is 0. The van der Waals surface area contributed by atoms with E-state index in [9.17, 15) is 4.79 Å². The minimum Gasteiger partial charge on any atom is -0.340 e. The van der Waals surface area contributed by atoms with Crippen molar-refractivity contribution in [3.63, 3.8) is 0 Å². The van der Waals surface area contributed by atoms with Crippen molar-refractivity contribution >= 4 is 5.91 Å². The number of carbonyl (C=O) groups is 1. The number of H-pyrrole nitrogens is 1. The molecule has 0 spiro atoms. The lowest BCUT2D eigenvalue weighted by Gasteiger charge is -2.13. The van der Waals surface area contributed by atoms with Crippen LogP contribution in [-0.2, 0) is 0 Å². The molecule has 0 aliphatic carbocycles. The molecule has 0 aromatic carbocycles. The second-order valence-electron chi connectivity index (χ2n) is 4.13. The van der Waals surface area contributed by atoms with Crippen molar-refractivity contribution in [1.82, 2.24) is 35.9 Å². The molecule has 0 bridgehead atoms. The summed E-state index contributed by atoms with van der Waals surface area (Å²) in [6, 6.07) is -0.278. The third-order valence-corrected chi connectivity index (χ3v) is 2.57. The molecule has 8 heteroatoms. The molecule has 8 nitrogen and oxygen atoms in total. The molecule has 2 aromatic rings. The van der Waals surface area contributed by atoms with Crippen LogP contribution in [0.1, 0.15) is 47.8 Å². The highest BCUT2D eigenvalue weighted by Crippen LogP contribution is 2.13. The third-order valence-electron chi connectivity index (χ3n) is 2.57. The molecule has 0 saturated carbocycles. The van der Waals surface area contributed by atoms with E-state index in [-0.39, 0.29) is 17.6 Å². The summed E-state index contributed by atoms with van der Waals surface area (Å²) in [5.74, 6) is 0.172. The van der Waals surface area contributed by atoms with Gasteiger partial charge in [-0.1, -0.05) is 18.6 Å². The lowest BCUT2D eigenvalue weighted by molar-refractivity contribution is 0.0927. The van der Waals surface area contributed by atoms with Crippen LogP contribution in [0.3, 0.4) is 0 Å². The van der Waals surface area contributed by atoms with Crippen LogP contribution in [0.5, 0.6) is 0 Å². The summed E-state index contributed by atoms with van der Waals surface area (Å²) in [6.07, 6.45) is 4.62. The van der Waals surface area contributed by atoms with Crippen molar-refractivity contribution < 1.29 is 4.79 Å². The molecule has 100 valence electrons. The number of amides is 1. The Hall–Kier alpha value is -2.38. The lowest BCUT2D eigenvalue weighted by atomic mass is 10.1. The summed E-state index contributed by atoms with van der Waals surface area (Å²) in [5, 5.41) is 16.5. The molecule has 1 atom stereocenters. The summed E-state index contributed by atoms with van der Waals surface area (Å²) < 4.78 is 0. The maximum atomic E-state index is 12.0. The van der Waals surface area contributed by atoms with Gasteiger partial charge < -0.3 is 5.32 Å². The summed E-state index contributed by atoms with van der Waals surface area (Å²) in [6.45, 7) is 3.83. The number of hydrogen-bond acceptors (Lipinski definition) is 6. The van der Waals surface area contributed by atoms with Crippen molar-refractivity contribution in [2.75, 3.05) is 0 Å². The Morgan fingerprint density at radius 2 is 2.26 bits per heavy atom. The first kappa shape index (κ1) is 13.1. The Morgan fingerprint density at radius 3 is 2.84 bits per heavy atom. The van der Waals surface area contributed by atoms with E-state index in [0.29, 0.717) is 5.82 Å². The van der Waals surface area contributed by atoms with E-state index in [2.05, 4.69) is 35.9 Å². The van der Waals surface area contributed by atoms with Crippen LogP contribution in [0, 0.1) is 6.92 Å². The second kappa shape index (κ2) is 5.98. The second-order valence-corrected chi connectivity index (χ2v) is 4.13. The number of tetrazole rings is 1. The van der Waals surface area contributed by atoms with Gasteiger partial charge in [-0.05, 0) is 13.3 Å². The number of rotatable bonds is 5. The van der Waals surface area contributed by atoms with Crippen LogP contribution in [0.2, 0.25) is 0 Å². The van der Waals surface area contributed by atoms with Crippen LogP contribution in [-0.4, -0.2) is 36.5 Å². The van der Waals surface area contributed by atoms with E-state index in [1.807, 2.05) is 13.8 Å². The predicted molar refractivity (Wildman–Crippen MR) is 66.1 cm³/mol. The first-order valence-corrected chi connectivity index (χ1v) is 6.03. The fraction of sp³-hybridized carbons (Fsp3) is 0.455. The third kappa shape index (κ3) is 3.30. The molecule has 2 aromatic heterocycles. The standard InChI is InChI=1S/C11H15N7O/c1-3-4-8(10-15-17-18-16-10)14-11(19)9-6-12-7(2)5-13-9/h5-6,8H,3-4H2,1-2H3,(H,14,19)(H,15,16,17,18)/t8-/m0/s1. The van der Waals surface area contributed by atoms with Gasteiger partial charge in [-0.25, -0.2) is 4.98 Å². The fourth-order valence-electron chi connectivity index (χ4n) is 1.61. The Morgan fingerprint density at radius 1 is 1.42 bits per heavy atom. The summed E-state index contributed by atoms with van der Waals surface area (Å²) in [5.41, 5.74) is 1.04. The maximum Gasteiger partial charge on any atom is 0.272 e. The number of aryl methyl sites for hydroxylation is 1. The van der Waals surface area contributed by atoms with Crippen molar-refractivity contribution in [2.24, 2.45) is 0 Å². The maximum absolute atomic E-state index is 12.0. The van der Waals surface area contributed by atoms with Gasteiger partial charge in [0, 0.05) is 6.20 Å². The van der Waals surface area contributed by atoms with Gasteiger partial charge in [-0.2, -0.15) is 5.21 Å². The van der Waals surface area contributed by atoms with E-state index in [1.165, 1.54) is 6.20 Å². The number of nitrogens with zero attached hydrogens (tertiary/aromatic N) is 5. The molecular formula is C11H15N7O. The molecule has 0 unspecified atom stereocenters. The van der Waals surface area contributed by atoms with Crippen molar-refractivity contribution in [3.8, 4) is 0 Å². The van der Waals surface area contributed by atoms with Gasteiger partial charge in [0.25, 0.3) is 5.91 Å². The number of hydrogen-bond donors (Lipinski definition) is 2. The van der Waals surface area contributed by atoms with Crippen LogP contribution >= 0.6 is 0 Å². The number of aromatic amines is 1. The molecule has 2 heterocycles. The van der Waals surface area contributed by atoms with E-state index < -0.39 is 0 Å². The molecule has 1 amide bonds. The van der Waals surface area contributed by atoms with Gasteiger partial charge in [0.2, 0.25) is 0 Å². The Labute approximate surface area is 110 Å². The topological polar surface area (TPSA) is 109 Å². The molecule has 0 radical (unpaired) electrons. The molecule has 0 aliphatic heterocycles. The van der Waals surface area contributed by atoms with Gasteiger partial charge in [0.1, 0.15) is 5.69 Å². The Bertz CT molecular complexity index is 522. The zero-order chi connectivity index (χ0) is 13.7. The molecular weight excluding hydrogens is 246 g/mol. The molecule has 0 fully saturated rings. The normalized spacial score (nSPS) is 12.1. The molecule has 2 N–H and O–H groups in total. The number of aromatic nitrogens is 6. The zero-order valence-corrected chi connectivity index (χ0v) is 10.8. The molecule has 2 rings (SSSR count). The van der Waals surface area contributed by atoms with Crippen LogP contribution in [0.4, 0.5) is 0 Å². The Balaban J connectivity index is 2.09. The minimum absolute atomic E-state index is 0.273. The van der Waals surface area contributed by atoms with Gasteiger partial charge in [0.05, 0.1) is 17.9 Å². The first-order valence-electron chi connectivity index (χ1n) is 6.03. The highest BCUT2D eigenvalue weighted by atomic mass is 16.2. The van der Waals surface area contributed by atoms with E-state index >= 15 is 0 Å². The van der Waals surface area contributed by atoms with Gasteiger partial charge in [-0.15, -0.1) is 10.2 Å². The van der Waals surface area contributed by atoms with Crippen LogP contribution in [0.15, 0.2) is 12.4 Å². The first-order chi connectivity index (χ1) is 9.20. The molecule has 0 saturated heterocycles. The van der Waals surface area contributed by atoms with Gasteiger partial charge >= 0.3 is 0 Å². The van der Waals surface area contributed by atoms with Crippen LogP contribution < -0.4 is 5.32 Å². The average molecular weight is 261 g/mol. The van der Waals surface area contributed by atoms with E-state index in [4.69, 9.17) is 0 Å². The number of nitrogens with one attached hydrogen (secondary N) is 2. The summed E-state index contributed by atoms with van der Waals surface area (Å²) in [7, 11) is 0. The fourth-order valence-corrected chi connectivity index (χ4v) is 1.61. The zero-order valence-electron chi connectivity index (χ0n) is 10.8. The highest BCUT2D eigenvalue weighted by Gasteiger charge is 2.19. The monoisotopic (exact) mass is 261 g/mol.